The summed E-state index contributed by atoms with van der Waals surface area (Å²) in [4.78, 5) is 0. The van der Waals surface area contributed by atoms with Gasteiger partial charge in [-0.05, 0) is 71.7 Å². The van der Waals surface area contributed by atoms with E-state index in [4.69, 9.17) is 0 Å². The molecule has 0 saturated heterocycles. The number of fused-ring (bicyclic) bond motifs is 1. The predicted molar refractivity (Wildman–Crippen MR) is 119 cm³/mol. The quantitative estimate of drug-likeness (QED) is 0.249. The molecule has 0 aromatic heterocycles. The number of rotatable bonds is 4. The Kier molecular flexibility index (Phi) is 6.09. The van der Waals surface area contributed by atoms with E-state index in [0.29, 0.717) is 5.56 Å². The number of aryl methyl sites for hydroxylation is 3. The summed E-state index contributed by atoms with van der Waals surface area (Å²) in [5, 5.41) is 0.323. The molecule has 0 unspecified atom stereocenters. The Morgan fingerprint density at radius 2 is 1.16 bits per heavy atom. The van der Waals surface area contributed by atoms with Gasteiger partial charge in [0.1, 0.15) is 0 Å². The van der Waals surface area contributed by atoms with Gasteiger partial charge in [0, 0.05) is 16.5 Å². The first-order valence-electron chi connectivity index (χ1n) is 10.3. The Labute approximate surface area is 180 Å². The van der Waals surface area contributed by atoms with Crippen LogP contribution in [0.1, 0.15) is 34.7 Å². The van der Waals surface area contributed by atoms with Crippen LogP contribution in [0, 0.1) is 29.3 Å². The van der Waals surface area contributed by atoms with Crippen LogP contribution in [0.3, 0.4) is 0 Å². The summed E-state index contributed by atoms with van der Waals surface area (Å²) >= 11 is 0. The molecule has 0 aliphatic rings. The molecule has 0 spiro atoms. The van der Waals surface area contributed by atoms with E-state index < -0.39 is 17.5 Å². The molecule has 4 rings (SSSR count). The van der Waals surface area contributed by atoms with E-state index in [9.17, 15) is 13.2 Å². The van der Waals surface area contributed by atoms with Gasteiger partial charge in [0.15, 0.2) is 17.5 Å². The summed E-state index contributed by atoms with van der Waals surface area (Å²) in [7, 11) is 0. The van der Waals surface area contributed by atoms with Crippen molar-refractivity contribution in [3.8, 4) is 11.8 Å². The van der Waals surface area contributed by atoms with Gasteiger partial charge in [0.2, 0.25) is 0 Å². The van der Waals surface area contributed by atoms with Crippen molar-refractivity contribution in [2.45, 2.75) is 26.2 Å². The molecule has 0 aliphatic heterocycles. The smallest absolute Gasteiger partial charge is 0.195 e. The SMILES string of the molecule is CCc1ccc(CCc2ccc(C#Cc3ccc4c(F)c(F)c(F)cc4c3)cc2)cc1. The normalized spacial score (nSPS) is 10.7. The van der Waals surface area contributed by atoms with Crippen molar-refractivity contribution in [1.29, 1.82) is 0 Å². The van der Waals surface area contributed by atoms with Crippen LogP contribution in [-0.2, 0) is 19.3 Å². The van der Waals surface area contributed by atoms with Crippen molar-refractivity contribution in [1.82, 2.24) is 0 Å². The first kappa shape index (κ1) is 20.8. The molecule has 0 heterocycles. The Balaban J connectivity index is 1.45. The highest BCUT2D eigenvalue weighted by atomic mass is 19.2. The summed E-state index contributed by atoms with van der Waals surface area (Å²) in [6.45, 7) is 2.15. The maximum absolute atomic E-state index is 13.8. The number of benzene rings is 4. The fourth-order valence-electron chi connectivity index (χ4n) is 3.51. The summed E-state index contributed by atoms with van der Waals surface area (Å²) in [5.41, 5.74) is 5.37. The van der Waals surface area contributed by atoms with E-state index in [1.165, 1.54) is 22.8 Å². The molecule has 31 heavy (non-hydrogen) atoms. The third-order valence-electron chi connectivity index (χ3n) is 5.41. The van der Waals surface area contributed by atoms with Gasteiger partial charge in [0.05, 0.1) is 0 Å². The Bertz CT molecular complexity index is 1270. The van der Waals surface area contributed by atoms with Gasteiger partial charge in [-0.15, -0.1) is 0 Å². The van der Waals surface area contributed by atoms with Crippen LogP contribution in [0.5, 0.6) is 0 Å². The topological polar surface area (TPSA) is 0 Å². The Morgan fingerprint density at radius 1 is 0.613 bits per heavy atom. The van der Waals surface area contributed by atoms with E-state index in [-0.39, 0.29) is 10.8 Å². The summed E-state index contributed by atoms with van der Waals surface area (Å²) in [6, 6.07) is 22.4. The molecule has 154 valence electrons. The summed E-state index contributed by atoms with van der Waals surface area (Å²) < 4.78 is 40.7. The average molecular weight is 414 g/mol. The molecule has 0 atom stereocenters. The van der Waals surface area contributed by atoms with Crippen molar-refractivity contribution in [2.24, 2.45) is 0 Å². The standard InChI is InChI=1S/C28H21F3/c1-2-19-3-5-20(6-4-19)7-8-21-9-11-22(12-10-21)13-14-23-15-16-25-24(17-23)18-26(29)28(31)27(25)30/h3-6,9-12,15-18H,2,7-8H2,1H3. The van der Waals surface area contributed by atoms with Crippen molar-refractivity contribution in [3.05, 3.63) is 118 Å². The fraction of sp³-hybridized carbons (Fsp3) is 0.143. The summed E-state index contributed by atoms with van der Waals surface area (Å²) in [6.07, 6.45) is 2.99. The highest BCUT2D eigenvalue weighted by Gasteiger charge is 2.13. The molecule has 0 saturated carbocycles. The molecule has 3 heteroatoms. The zero-order valence-electron chi connectivity index (χ0n) is 17.2. The third-order valence-corrected chi connectivity index (χ3v) is 5.41. The van der Waals surface area contributed by atoms with Gasteiger partial charge in [0.25, 0.3) is 0 Å². The molecule has 0 nitrogen and oxygen atoms in total. The van der Waals surface area contributed by atoms with E-state index in [1.807, 2.05) is 12.1 Å². The van der Waals surface area contributed by atoms with Crippen molar-refractivity contribution in [2.75, 3.05) is 0 Å². The Morgan fingerprint density at radius 3 is 1.81 bits per heavy atom. The molecule has 0 amide bonds. The molecule has 0 N–H and O–H groups in total. The van der Waals surface area contributed by atoms with Crippen LogP contribution in [-0.4, -0.2) is 0 Å². The third kappa shape index (κ3) is 4.81. The van der Waals surface area contributed by atoms with Crippen LogP contribution >= 0.6 is 0 Å². The lowest BCUT2D eigenvalue weighted by molar-refractivity contribution is 0.453. The summed E-state index contributed by atoms with van der Waals surface area (Å²) in [5.74, 6) is 2.24. The molecule has 0 bridgehead atoms. The lowest BCUT2D eigenvalue weighted by atomic mass is 10.0. The first-order chi connectivity index (χ1) is 15.0. The van der Waals surface area contributed by atoms with E-state index in [0.717, 1.165) is 30.9 Å². The zero-order valence-corrected chi connectivity index (χ0v) is 17.2. The molecule has 0 fully saturated rings. The van der Waals surface area contributed by atoms with Gasteiger partial charge < -0.3 is 0 Å². The number of halogens is 3. The lowest BCUT2D eigenvalue weighted by Gasteiger charge is -2.04. The Hall–Kier alpha value is -3.51. The monoisotopic (exact) mass is 414 g/mol. The maximum atomic E-state index is 13.8. The maximum Gasteiger partial charge on any atom is 0.195 e. The molecular formula is C28H21F3. The second-order valence-electron chi connectivity index (χ2n) is 7.54. The van der Waals surface area contributed by atoms with Crippen LogP contribution in [0.4, 0.5) is 13.2 Å². The van der Waals surface area contributed by atoms with Gasteiger partial charge in [-0.25, -0.2) is 13.2 Å². The van der Waals surface area contributed by atoms with E-state index >= 15 is 0 Å². The highest BCUT2D eigenvalue weighted by molar-refractivity contribution is 5.84. The minimum atomic E-state index is -1.45. The van der Waals surface area contributed by atoms with Crippen LogP contribution in [0.2, 0.25) is 0 Å². The molecular weight excluding hydrogens is 393 g/mol. The minimum absolute atomic E-state index is 0.0399. The average Bonchev–Trinajstić information content (AvgIpc) is 2.81. The fourth-order valence-corrected chi connectivity index (χ4v) is 3.51. The van der Waals surface area contributed by atoms with Gasteiger partial charge in [-0.1, -0.05) is 61.2 Å². The van der Waals surface area contributed by atoms with Crippen molar-refractivity contribution < 1.29 is 13.2 Å². The minimum Gasteiger partial charge on any atom is -0.204 e. The van der Waals surface area contributed by atoms with Crippen molar-refractivity contribution >= 4 is 10.8 Å². The molecule has 4 aromatic rings. The second kappa shape index (κ2) is 9.10. The molecule has 0 radical (unpaired) electrons. The van der Waals surface area contributed by atoms with Crippen LogP contribution in [0.15, 0.2) is 72.8 Å². The van der Waals surface area contributed by atoms with Gasteiger partial charge >= 0.3 is 0 Å². The number of hydrogen-bond acceptors (Lipinski definition) is 0. The molecule has 4 aromatic carbocycles. The second-order valence-corrected chi connectivity index (χ2v) is 7.54. The molecule has 0 aliphatic carbocycles. The number of hydrogen-bond donors (Lipinski definition) is 0. The predicted octanol–water partition coefficient (Wildman–Crippen LogP) is 7.00. The van der Waals surface area contributed by atoms with E-state index in [1.54, 1.807) is 12.1 Å². The first-order valence-corrected chi connectivity index (χ1v) is 10.3. The van der Waals surface area contributed by atoms with Crippen LogP contribution in [0.25, 0.3) is 10.8 Å². The highest BCUT2D eigenvalue weighted by Crippen LogP contribution is 2.24. The van der Waals surface area contributed by atoms with Crippen LogP contribution < -0.4 is 0 Å². The lowest BCUT2D eigenvalue weighted by Crippen LogP contribution is -1.92. The van der Waals surface area contributed by atoms with Crippen molar-refractivity contribution in [3.63, 3.8) is 0 Å². The van der Waals surface area contributed by atoms with Gasteiger partial charge in [-0.2, -0.15) is 0 Å². The van der Waals surface area contributed by atoms with Gasteiger partial charge in [-0.3, -0.25) is 0 Å². The zero-order chi connectivity index (χ0) is 21.8. The largest absolute Gasteiger partial charge is 0.204 e. The van der Waals surface area contributed by atoms with E-state index in [2.05, 4.69) is 55.2 Å².